The number of imide groups is 1. The molecule has 0 unspecified atom stereocenters. The normalized spacial score (nSPS) is 18.1. The van der Waals surface area contributed by atoms with Crippen molar-refractivity contribution in [3.63, 3.8) is 0 Å². The Kier molecular flexibility index (Phi) is 4.09. The van der Waals surface area contributed by atoms with E-state index < -0.39 is 0 Å². The lowest BCUT2D eigenvalue weighted by Gasteiger charge is -2.11. The zero-order chi connectivity index (χ0) is 19.1. The SMILES string of the molecule is O=C1C/C(=C\c2cnn3c(NC4CC4)cc(NCc4cccs4)nc23)C(=O)N1. The van der Waals surface area contributed by atoms with E-state index >= 15 is 0 Å². The molecule has 1 saturated carbocycles. The van der Waals surface area contributed by atoms with Crippen molar-refractivity contribution in [2.75, 3.05) is 10.6 Å². The summed E-state index contributed by atoms with van der Waals surface area (Å²) in [5.41, 5.74) is 1.77. The summed E-state index contributed by atoms with van der Waals surface area (Å²) in [5, 5.41) is 15.6. The Morgan fingerprint density at radius 3 is 2.96 bits per heavy atom. The van der Waals surface area contributed by atoms with Crippen molar-refractivity contribution in [2.24, 2.45) is 0 Å². The second-order valence-corrected chi connectivity index (χ2v) is 7.97. The van der Waals surface area contributed by atoms with Gasteiger partial charge in [0.2, 0.25) is 5.91 Å². The summed E-state index contributed by atoms with van der Waals surface area (Å²) in [4.78, 5) is 29.3. The third-order valence-corrected chi connectivity index (χ3v) is 5.55. The minimum Gasteiger partial charge on any atom is -0.367 e. The van der Waals surface area contributed by atoms with E-state index in [1.165, 1.54) is 4.88 Å². The maximum Gasteiger partial charge on any atom is 0.254 e. The highest BCUT2D eigenvalue weighted by Gasteiger charge is 2.25. The van der Waals surface area contributed by atoms with Crippen molar-refractivity contribution in [3.8, 4) is 0 Å². The number of hydrogen-bond donors (Lipinski definition) is 3. The Hall–Kier alpha value is -3.20. The zero-order valence-electron chi connectivity index (χ0n) is 14.9. The van der Waals surface area contributed by atoms with Gasteiger partial charge in [0.05, 0.1) is 19.2 Å². The van der Waals surface area contributed by atoms with E-state index in [1.807, 2.05) is 17.5 Å². The lowest BCUT2D eigenvalue weighted by Crippen LogP contribution is -2.19. The molecule has 9 heteroatoms. The highest BCUT2D eigenvalue weighted by atomic mass is 32.1. The van der Waals surface area contributed by atoms with Crippen LogP contribution in [0.15, 0.2) is 35.3 Å². The topological polar surface area (TPSA) is 100 Å². The number of nitrogens with one attached hydrogen (secondary N) is 3. The molecule has 0 atom stereocenters. The van der Waals surface area contributed by atoms with Crippen LogP contribution in [0, 0.1) is 0 Å². The van der Waals surface area contributed by atoms with Gasteiger partial charge in [-0.15, -0.1) is 11.3 Å². The van der Waals surface area contributed by atoms with E-state index in [1.54, 1.807) is 28.1 Å². The number of nitrogens with zero attached hydrogens (tertiary/aromatic N) is 3. The Bertz CT molecular complexity index is 1100. The number of anilines is 2. The Labute approximate surface area is 164 Å². The molecule has 142 valence electrons. The van der Waals surface area contributed by atoms with Crippen LogP contribution in [0.2, 0.25) is 0 Å². The number of rotatable bonds is 6. The average molecular weight is 394 g/mol. The van der Waals surface area contributed by atoms with Crippen molar-refractivity contribution in [3.05, 3.63) is 45.8 Å². The predicted octanol–water partition coefficient (Wildman–Crippen LogP) is 2.41. The minimum absolute atomic E-state index is 0.0830. The number of amides is 2. The Balaban J connectivity index is 1.52. The molecule has 3 aromatic rings. The van der Waals surface area contributed by atoms with E-state index in [0.717, 1.165) is 24.5 Å². The van der Waals surface area contributed by atoms with Crippen molar-refractivity contribution in [2.45, 2.75) is 31.8 Å². The number of thiophene rings is 1. The lowest BCUT2D eigenvalue weighted by atomic mass is 10.1. The van der Waals surface area contributed by atoms with Crippen LogP contribution < -0.4 is 16.0 Å². The van der Waals surface area contributed by atoms with Gasteiger partial charge in [-0.25, -0.2) is 4.98 Å². The summed E-state index contributed by atoms with van der Waals surface area (Å²) in [5.74, 6) is 0.955. The second-order valence-electron chi connectivity index (χ2n) is 6.94. The first-order chi connectivity index (χ1) is 13.7. The first-order valence-corrected chi connectivity index (χ1v) is 10.00. The molecule has 3 N–H and O–H groups in total. The van der Waals surface area contributed by atoms with Crippen LogP contribution in [0.4, 0.5) is 11.6 Å². The molecular weight excluding hydrogens is 376 g/mol. The molecule has 1 aliphatic heterocycles. The molecule has 0 spiro atoms. The molecule has 0 aromatic carbocycles. The summed E-state index contributed by atoms with van der Waals surface area (Å²) in [7, 11) is 0. The fraction of sp³-hybridized carbons (Fsp3) is 0.263. The van der Waals surface area contributed by atoms with Crippen LogP contribution in [-0.2, 0) is 16.1 Å². The largest absolute Gasteiger partial charge is 0.367 e. The summed E-state index contributed by atoms with van der Waals surface area (Å²) in [6.07, 6.45) is 5.73. The molecule has 1 saturated heterocycles. The van der Waals surface area contributed by atoms with Crippen molar-refractivity contribution in [1.29, 1.82) is 0 Å². The van der Waals surface area contributed by atoms with Crippen LogP contribution >= 0.6 is 11.3 Å². The van der Waals surface area contributed by atoms with Gasteiger partial charge in [0, 0.05) is 28.1 Å². The predicted molar refractivity (Wildman–Crippen MR) is 107 cm³/mol. The van der Waals surface area contributed by atoms with Crippen molar-refractivity contribution < 1.29 is 9.59 Å². The standard InChI is InChI=1S/C19H18N6O2S/c26-17-7-11(19(27)24-17)6-12-9-21-25-16(22-13-3-4-13)8-15(23-18(12)25)20-10-14-2-1-5-28-14/h1-2,5-6,8-9,13,22H,3-4,7,10H2,(H,20,23)(H,24,26,27)/b11-6+. The van der Waals surface area contributed by atoms with Crippen LogP contribution in [0.5, 0.6) is 0 Å². The van der Waals surface area contributed by atoms with E-state index in [2.05, 4.69) is 27.1 Å². The molecule has 1 aliphatic carbocycles. The average Bonchev–Trinajstić information content (AvgIpc) is 3.05. The smallest absolute Gasteiger partial charge is 0.254 e. The molecule has 4 heterocycles. The molecule has 2 amide bonds. The van der Waals surface area contributed by atoms with Gasteiger partial charge in [-0.05, 0) is 30.4 Å². The molecular formula is C19H18N6O2S. The molecule has 5 rings (SSSR count). The van der Waals surface area contributed by atoms with Crippen LogP contribution in [0.25, 0.3) is 11.7 Å². The Morgan fingerprint density at radius 1 is 1.36 bits per heavy atom. The number of fused-ring (bicyclic) bond motifs is 1. The van der Waals surface area contributed by atoms with Gasteiger partial charge in [-0.2, -0.15) is 9.61 Å². The minimum atomic E-state index is -0.354. The first-order valence-electron chi connectivity index (χ1n) is 9.12. The van der Waals surface area contributed by atoms with E-state index in [-0.39, 0.29) is 18.2 Å². The third-order valence-electron chi connectivity index (χ3n) is 4.68. The molecule has 0 bridgehead atoms. The van der Waals surface area contributed by atoms with Gasteiger partial charge in [-0.3, -0.25) is 14.9 Å². The fourth-order valence-electron chi connectivity index (χ4n) is 3.11. The molecule has 2 fully saturated rings. The van der Waals surface area contributed by atoms with Gasteiger partial charge >= 0.3 is 0 Å². The third kappa shape index (κ3) is 3.36. The number of carbonyl (C=O) groups excluding carboxylic acids is 2. The molecule has 8 nitrogen and oxygen atoms in total. The van der Waals surface area contributed by atoms with Crippen LogP contribution in [0.1, 0.15) is 29.7 Å². The second kappa shape index (κ2) is 6.75. The first kappa shape index (κ1) is 16.9. The van der Waals surface area contributed by atoms with Crippen LogP contribution in [-0.4, -0.2) is 32.5 Å². The highest BCUT2D eigenvalue weighted by Crippen LogP contribution is 2.28. The molecule has 2 aliphatic rings. The van der Waals surface area contributed by atoms with Gasteiger partial charge in [-0.1, -0.05) is 6.07 Å². The monoisotopic (exact) mass is 394 g/mol. The maximum absolute atomic E-state index is 11.9. The number of hydrogen-bond acceptors (Lipinski definition) is 7. The zero-order valence-corrected chi connectivity index (χ0v) is 15.8. The van der Waals surface area contributed by atoms with E-state index in [4.69, 9.17) is 4.98 Å². The maximum atomic E-state index is 11.9. The summed E-state index contributed by atoms with van der Waals surface area (Å²) in [6, 6.07) is 6.51. The number of carbonyl (C=O) groups is 2. The summed E-state index contributed by atoms with van der Waals surface area (Å²) < 4.78 is 1.75. The van der Waals surface area contributed by atoms with Gasteiger partial charge in [0.25, 0.3) is 5.91 Å². The quantitative estimate of drug-likeness (QED) is 0.439. The van der Waals surface area contributed by atoms with Crippen molar-refractivity contribution in [1.82, 2.24) is 19.9 Å². The molecule has 3 aromatic heterocycles. The number of aromatic nitrogens is 3. The summed E-state index contributed by atoms with van der Waals surface area (Å²) >= 11 is 1.69. The van der Waals surface area contributed by atoms with Gasteiger partial charge in [0.15, 0.2) is 5.65 Å². The lowest BCUT2D eigenvalue weighted by molar-refractivity contribution is -0.124. The molecule has 0 radical (unpaired) electrons. The highest BCUT2D eigenvalue weighted by molar-refractivity contribution is 7.09. The molecule has 28 heavy (non-hydrogen) atoms. The van der Waals surface area contributed by atoms with Gasteiger partial charge in [0.1, 0.15) is 11.6 Å². The van der Waals surface area contributed by atoms with E-state index in [9.17, 15) is 9.59 Å². The van der Waals surface area contributed by atoms with Gasteiger partial charge < -0.3 is 10.6 Å². The van der Waals surface area contributed by atoms with Crippen molar-refractivity contribution >= 4 is 46.5 Å². The van der Waals surface area contributed by atoms with Crippen LogP contribution in [0.3, 0.4) is 0 Å². The summed E-state index contributed by atoms with van der Waals surface area (Å²) in [6.45, 7) is 0.686. The van der Waals surface area contributed by atoms with E-state index in [0.29, 0.717) is 29.4 Å². The fourth-order valence-corrected chi connectivity index (χ4v) is 3.76. The Morgan fingerprint density at radius 2 is 2.25 bits per heavy atom.